The van der Waals surface area contributed by atoms with Crippen molar-refractivity contribution in [2.24, 2.45) is 0 Å². The number of fused-ring (bicyclic) bond motifs is 1. The minimum absolute atomic E-state index is 0.365. The summed E-state index contributed by atoms with van der Waals surface area (Å²) < 4.78 is 13.2. The van der Waals surface area contributed by atoms with Crippen molar-refractivity contribution in [1.82, 2.24) is 10.3 Å². The van der Waals surface area contributed by atoms with Gasteiger partial charge in [0.15, 0.2) is 0 Å². The Labute approximate surface area is 109 Å². The second-order valence-corrected chi connectivity index (χ2v) is 4.30. The molecule has 0 aliphatic rings. The fourth-order valence-corrected chi connectivity index (χ4v) is 1.83. The molecular weight excluding hydrogens is 245 g/mol. The fourth-order valence-electron chi connectivity index (χ4n) is 1.83. The van der Waals surface area contributed by atoms with Gasteiger partial charge in [0.25, 0.3) is 5.91 Å². The Bertz CT molecular complexity index is 686. The SMILES string of the molecule is Cc1cc(C(=O)NC(C)C#N)c2ccc(F)cc2n1. The van der Waals surface area contributed by atoms with Crippen LogP contribution in [0.25, 0.3) is 10.9 Å². The summed E-state index contributed by atoms with van der Waals surface area (Å²) in [5.41, 5.74) is 1.44. The molecule has 4 nitrogen and oxygen atoms in total. The number of aromatic nitrogens is 1. The monoisotopic (exact) mass is 257 g/mol. The summed E-state index contributed by atoms with van der Waals surface area (Å²) in [6.45, 7) is 3.32. The number of halogens is 1. The minimum atomic E-state index is -0.587. The van der Waals surface area contributed by atoms with Crippen LogP contribution in [0.1, 0.15) is 23.0 Å². The first kappa shape index (κ1) is 13.0. The Morgan fingerprint density at radius 1 is 1.47 bits per heavy atom. The van der Waals surface area contributed by atoms with Crippen molar-refractivity contribution < 1.29 is 9.18 Å². The van der Waals surface area contributed by atoms with Gasteiger partial charge in [0.05, 0.1) is 17.1 Å². The van der Waals surface area contributed by atoms with Crippen molar-refractivity contribution in [2.75, 3.05) is 0 Å². The fraction of sp³-hybridized carbons (Fsp3) is 0.214. The van der Waals surface area contributed by atoms with Gasteiger partial charge >= 0.3 is 0 Å². The molecule has 19 heavy (non-hydrogen) atoms. The average Bonchev–Trinajstić information content (AvgIpc) is 2.36. The van der Waals surface area contributed by atoms with Crippen molar-refractivity contribution in [2.45, 2.75) is 19.9 Å². The second-order valence-electron chi connectivity index (χ2n) is 4.30. The first-order chi connectivity index (χ1) is 9.01. The Kier molecular flexibility index (Phi) is 3.43. The third kappa shape index (κ3) is 2.68. The average molecular weight is 257 g/mol. The van der Waals surface area contributed by atoms with Crippen LogP contribution >= 0.6 is 0 Å². The standard InChI is InChI=1S/C14H12FN3O/c1-8-5-12(14(19)18-9(2)7-16)11-4-3-10(15)6-13(11)17-8/h3-6,9H,1-2H3,(H,18,19). The molecule has 2 rings (SSSR count). The number of nitriles is 1. The Balaban J connectivity index is 2.54. The van der Waals surface area contributed by atoms with E-state index in [1.807, 2.05) is 6.07 Å². The number of carbonyl (C=O) groups excluding carboxylic acids is 1. The van der Waals surface area contributed by atoms with Gasteiger partial charge in [-0.3, -0.25) is 9.78 Å². The lowest BCUT2D eigenvalue weighted by molar-refractivity contribution is 0.0949. The summed E-state index contributed by atoms with van der Waals surface area (Å²) in [6, 6.07) is 7.05. The predicted molar refractivity (Wildman–Crippen MR) is 69.0 cm³/mol. The van der Waals surface area contributed by atoms with Gasteiger partial charge < -0.3 is 5.32 Å². The highest BCUT2D eigenvalue weighted by molar-refractivity contribution is 6.06. The van der Waals surface area contributed by atoms with Crippen LogP contribution in [0.5, 0.6) is 0 Å². The molecular formula is C14H12FN3O. The van der Waals surface area contributed by atoms with Crippen LogP contribution in [-0.2, 0) is 0 Å². The number of hydrogen-bond acceptors (Lipinski definition) is 3. The Morgan fingerprint density at radius 3 is 2.89 bits per heavy atom. The van der Waals surface area contributed by atoms with Gasteiger partial charge in [-0.15, -0.1) is 0 Å². The lowest BCUT2D eigenvalue weighted by atomic mass is 10.1. The van der Waals surface area contributed by atoms with Gasteiger partial charge in [-0.2, -0.15) is 5.26 Å². The van der Waals surface area contributed by atoms with E-state index in [4.69, 9.17) is 5.26 Å². The molecule has 0 fully saturated rings. The number of carbonyl (C=O) groups is 1. The maximum Gasteiger partial charge on any atom is 0.253 e. The number of pyridine rings is 1. The van der Waals surface area contributed by atoms with Gasteiger partial charge in [-0.25, -0.2) is 4.39 Å². The molecule has 1 aromatic carbocycles. The number of amides is 1. The maximum absolute atomic E-state index is 13.2. The minimum Gasteiger partial charge on any atom is -0.337 e. The number of hydrogen-bond donors (Lipinski definition) is 1. The first-order valence-corrected chi connectivity index (χ1v) is 5.78. The molecule has 1 atom stereocenters. The third-order valence-electron chi connectivity index (χ3n) is 2.69. The highest BCUT2D eigenvalue weighted by Gasteiger charge is 2.14. The number of rotatable bonds is 2. The largest absolute Gasteiger partial charge is 0.337 e. The van der Waals surface area contributed by atoms with E-state index in [1.165, 1.54) is 18.2 Å². The molecule has 0 aliphatic carbocycles. The third-order valence-corrected chi connectivity index (χ3v) is 2.69. The van der Waals surface area contributed by atoms with E-state index in [9.17, 15) is 9.18 Å². The van der Waals surface area contributed by atoms with Gasteiger partial charge in [0, 0.05) is 17.1 Å². The first-order valence-electron chi connectivity index (χ1n) is 5.78. The van der Waals surface area contributed by atoms with Crippen molar-refractivity contribution in [3.8, 4) is 6.07 Å². The topological polar surface area (TPSA) is 65.8 Å². The zero-order chi connectivity index (χ0) is 14.0. The molecule has 1 heterocycles. The van der Waals surface area contributed by atoms with Crippen LogP contribution in [0.4, 0.5) is 4.39 Å². The van der Waals surface area contributed by atoms with E-state index >= 15 is 0 Å². The lowest BCUT2D eigenvalue weighted by Crippen LogP contribution is -2.31. The Morgan fingerprint density at radius 2 is 2.21 bits per heavy atom. The summed E-state index contributed by atoms with van der Waals surface area (Å²) in [5, 5.41) is 11.8. The molecule has 1 unspecified atom stereocenters. The normalized spacial score (nSPS) is 11.9. The van der Waals surface area contributed by atoms with E-state index in [1.54, 1.807) is 19.9 Å². The molecule has 0 bridgehead atoms. The van der Waals surface area contributed by atoms with Crippen LogP contribution in [0.3, 0.4) is 0 Å². The maximum atomic E-state index is 13.2. The molecule has 0 aliphatic heterocycles. The summed E-state index contributed by atoms with van der Waals surface area (Å²) >= 11 is 0. The van der Waals surface area contributed by atoms with Crippen molar-refractivity contribution in [1.29, 1.82) is 5.26 Å². The van der Waals surface area contributed by atoms with Crippen LogP contribution in [0.15, 0.2) is 24.3 Å². The Hall–Kier alpha value is -2.48. The molecule has 5 heteroatoms. The van der Waals surface area contributed by atoms with Crippen LogP contribution in [0.2, 0.25) is 0 Å². The zero-order valence-electron chi connectivity index (χ0n) is 10.6. The quantitative estimate of drug-likeness (QED) is 0.897. The van der Waals surface area contributed by atoms with E-state index < -0.39 is 11.9 Å². The van der Waals surface area contributed by atoms with Crippen molar-refractivity contribution >= 4 is 16.8 Å². The molecule has 1 N–H and O–H groups in total. The molecule has 96 valence electrons. The predicted octanol–water partition coefficient (Wildman–Crippen LogP) is 2.32. The highest BCUT2D eigenvalue weighted by Crippen LogP contribution is 2.19. The molecule has 0 spiro atoms. The smallest absolute Gasteiger partial charge is 0.253 e. The van der Waals surface area contributed by atoms with Crippen LogP contribution in [-0.4, -0.2) is 16.9 Å². The van der Waals surface area contributed by atoms with Crippen molar-refractivity contribution in [3.63, 3.8) is 0 Å². The summed E-state index contributed by atoms with van der Waals surface area (Å²) in [5.74, 6) is -0.765. The molecule has 0 radical (unpaired) electrons. The number of nitrogens with zero attached hydrogens (tertiary/aromatic N) is 2. The summed E-state index contributed by atoms with van der Waals surface area (Å²) in [6.07, 6.45) is 0. The van der Waals surface area contributed by atoms with Crippen molar-refractivity contribution in [3.05, 3.63) is 41.3 Å². The lowest BCUT2D eigenvalue weighted by Gasteiger charge is -2.10. The second kappa shape index (κ2) is 5.02. The molecule has 2 aromatic rings. The molecule has 0 saturated carbocycles. The van der Waals surface area contributed by atoms with E-state index in [2.05, 4.69) is 10.3 Å². The molecule has 1 aromatic heterocycles. The summed E-state index contributed by atoms with van der Waals surface area (Å²) in [7, 11) is 0. The summed E-state index contributed by atoms with van der Waals surface area (Å²) in [4.78, 5) is 16.3. The van der Waals surface area contributed by atoms with E-state index in [0.29, 0.717) is 22.2 Å². The van der Waals surface area contributed by atoms with Gasteiger partial charge in [0.2, 0.25) is 0 Å². The van der Waals surface area contributed by atoms with Gasteiger partial charge in [-0.1, -0.05) is 0 Å². The number of nitrogens with one attached hydrogen (secondary N) is 1. The number of benzene rings is 1. The van der Waals surface area contributed by atoms with Gasteiger partial charge in [-0.05, 0) is 32.0 Å². The number of aryl methyl sites for hydroxylation is 1. The molecule has 1 amide bonds. The zero-order valence-corrected chi connectivity index (χ0v) is 10.6. The highest BCUT2D eigenvalue weighted by atomic mass is 19.1. The van der Waals surface area contributed by atoms with Crippen LogP contribution < -0.4 is 5.32 Å². The van der Waals surface area contributed by atoms with E-state index in [0.717, 1.165) is 0 Å². The van der Waals surface area contributed by atoms with Crippen LogP contribution in [0, 0.1) is 24.1 Å². The van der Waals surface area contributed by atoms with Gasteiger partial charge in [0.1, 0.15) is 11.9 Å². The molecule has 0 saturated heterocycles. The van der Waals surface area contributed by atoms with E-state index in [-0.39, 0.29) is 5.91 Å².